The monoisotopic (exact) mass is 188 g/mol. The highest BCUT2D eigenvalue weighted by atomic mass is 16.4. The van der Waals surface area contributed by atoms with Gasteiger partial charge >= 0.3 is 0 Å². The highest BCUT2D eigenvalue weighted by Gasteiger charge is 2.28. The SMILES string of the molecule is O=CC1CCC(O)C(O)C(O)CC1. The van der Waals surface area contributed by atoms with Gasteiger partial charge in [-0.05, 0) is 25.7 Å². The summed E-state index contributed by atoms with van der Waals surface area (Å²) in [5.74, 6) is -0.0863. The van der Waals surface area contributed by atoms with E-state index in [-0.39, 0.29) is 5.92 Å². The summed E-state index contributed by atoms with van der Waals surface area (Å²) in [4.78, 5) is 10.5. The number of hydrogen-bond donors (Lipinski definition) is 3. The third-order valence-electron chi connectivity index (χ3n) is 2.65. The highest BCUT2D eigenvalue weighted by Crippen LogP contribution is 2.21. The number of aliphatic hydroxyl groups is 3. The van der Waals surface area contributed by atoms with Gasteiger partial charge in [0.2, 0.25) is 0 Å². The third-order valence-corrected chi connectivity index (χ3v) is 2.65. The minimum Gasteiger partial charge on any atom is -0.390 e. The molecule has 4 nitrogen and oxygen atoms in total. The molecule has 76 valence electrons. The van der Waals surface area contributed by atoms with Crippen LogP contribution in [-0.2, 0) is 4.79 Å². The van der Waals surface area contributed by atoms with Gasteiger partial charge in [0, 0.05) is 5.92 Å². The summed E-state index contributed by atoms with van der Waals surface area (Å²) in [5.41, 5.74) is 0. The van der Waals surface area contributed by atoms with E-state index in [9.17, 15) is 20.1 Å². The lowest BCUT2D eigenvalue weighted by atomic mass is 9.88. The van der Waals surface area contributed by atoms with Gasteiger partial charge in [0.05, 0.1) is 12.2 Å². The maximum atomic E-state index is 10.5. The van der Waals surface area contributed by atoms with E-state index in [1.807, 2.05) is 0 Å². The van der Waals surface area contributed by atoms with E-state index in [1.165, 1.54) is 0 Å². The Morgan fingerprint density at radius 3 is 1.77 bits per heavy atom. The van der Waals surface area contributed by atoms with Gasteiger partial charge in [0.1, 0.15) is 12.4 Å². The summed E-state index contributed by atoms with van der Waals surface area (Å²) >= 11 is 0. The van der Waals surface area contributed by atoms with E-state index >= 15 is 0 Å². The zero-order chi connectivity index (χ0) is 9.84. The standard InChI is InChI=1S/C9H16O4/c10-5-6-1-3-7(11)9(13)8(12)4-2-6/h5-9,11-13H,1-4H2. The number of hydrogen-bond acceptors (Lipinski definition) is 4. The van der Waals surface area contributed by atoms with Crippen molar-refractivity contribution < 1.29 is 20.1 Å². The summed E-state index contributed by atoms with van der Waals surface area (Å²) in [6.45, 7) is 0. The van der Waals surface area contributed by atoms with Crippen LogP contribution < -0.4 is 0 Å². The van der Waals surface area contributed by atoms with E-state index < -0.39 is 18.3 Å². The zero-order valence-corrected chi connectivity index (χ0v) is 7.47. The summed E-state index contributed by atoms with van der Waals surface area (Å²) in [6, 6.07) is 0. The number of aldehydes is 1. The van der Waals surface area contributed by atoms with Crippen molar-refractivity contribution in [3.8, 4) is 0 Å². The van der Waals surface area contributed by atoms with Gasteiger partial charge in [0.25, 0.3) is 0 Å². The minimum absolute atomic E-state index is 0.0863. The molecule has 0 amide bonds. The first kappa shape index (κ1) is 10.6. The Kier molecular flexibility index (Phi) is 3.84. The van der Waals surface area contributed by atoms with Gasteiger partial charge in [0.15, 0.2) is 0 Å². The molecule has 0 spiro atoms. The fourth-order valence-electron chi connectivity index (χ4n) is 1.65. The lowest BCUT2D eigenvalue weighted by Crippen LogP contribution is -2.39. The van der Waals surface area contributed by atoms with Crippen LogP contribution in [0.2, 0.25) is 0 Å². The first-order valence-corrected chi connectivity index (χ1v) is 4.64. The molecule has 1 aliphatic rings. The van der Waals surface area contributed by atoms with Gasteiger partial charge < -0.3 is 20.1 Å². The molecule has 0 bridgehead atoms. The van der Waals surface area contributed by atoms with Crippen molar-refractivity contribution in [1.29, 1.82) is 0 Å². The molecule has 2 unspecified atom stereocenters. The van der Waals surface area contributed by atoms with E-state index in [4.69, 9.17) is 0 Å². The van der Waals surface area contributed by atoms with Crippen LogP contribution in [0.4, 0.5) is 0 Å². The molecule has 3 N–H and O–H groups in total. The smallest absolute Gasteiger partial charge is 0.123 e. The quantitative estimate of drug-likeness (QED) is 0.483. The molecule has 0 radical (unpaired) electrons. The summed E-state index contributed by atoms with van der Waals surface area (Å²) in [6.07, 6.45) is -0.0772. The predicted octanol–water partition coefficient (Wildman–Crippen LogP) is -0.542. The van der Waals surface area contributed by atoms with Crippen LogP contribution >= 0.6 is 0 Å². The van der Waals surface area contributed by atoms with E-state index in [0.29, 0.717) is 25.7 Å². The Morgan fingerprint density at radius 1 is 0.923 bits per heavy atom. The molecular weight excluding hydrogens is 172 g/mol. The second kappa shape index (κ2) is 4.69. The summed E-state index contributed by atoms with van der Waals surface area (Å²) < 4.78 is 0. The molecule has 0 aromatic heterocycles. The molecule has 1 saturated carbocycles. The molecule has 13 heavy (non-hydrogen) atoms. The Labute approximate surface area is 77.2 Å². The van der Waals surface area contributed by atoms with Gasteiger partial charge in [-0.3, -0.25) is 0 Å². The maximum Gasteiger partial charge on any atom is 0.123 e. The minimum atomic E-state index is -1.06. The normalized spacial score (nSPS) is 42.1. The van der Waals surface area contributed by atoms with Crippen LogP contribution in [0.25, 0.3) is 0 Å². The van der Waals surface area contributed by atoms with E-state index in [0.717, 1.165) is 6.29 Å². The third kappa shape index (κ3) is 2.76. The molecule has 1 fully saturated rings. The van der Waals surface area contributed by atoms with Gasteiger partial charge in [-0.15, -0.1) is 0 Å². The Hall–Kier alpha value is -0.450. The molecule has 0 aromatic carbocycles. The molecule has 0 saturated heterocycles. The zero-order valence-electron chi connectivity index (χ0n) is 7.47. The second-order valence-corrected chi connectivity index (χ2v) is 3.68. The van der Waals surface area contributed by atoms with Crippen LogP contribution in [0.5, 0.6) is 0 Å². The van der Waals surface area contributed by atoms with Gasteiger partial charge in [-0.1, -0.05) is 0 Å². The Morgan fingerprint density at radius 2 is 1.38 bits per heavy atom. The lowest BCUT2D eigenvalue weighted by Gasteiger charge is -2.27. The topological polar surface area (TPSA) is 77.8 Å². The van der Waals surface area contributed by atoms with Crippen LogP contribution in [0.1, 0.15) is 25.7 Å². The van der Waals surface area contributed by atoms with Gasteiger partial charge in [-0.2, -0.15) is 0 Å². The van der Waals surface area contributed by atoms with Gasteiger partial charge in [-0.25, -0.2) is 0 Å². The van der Waals surface area contributed by atoms with E-state index in [2.05, 4.69) is 0 Å². The number of carbonyl (C=O) groups excluding carboxylic acids is 1. The van der Waals surface area contributed by atoms with Crippen molar-refractivity contribution in [2.24, 2.45) is 5.92 Å². The van der Waals surface area contributed by atoms with Crippen LogP contribution in [-0.4, -0.2) is 39.9 Å². The largest absolute Gasteiger partial charge is 0.390 e. The molecular formula is C9H16O4. The number of aliphatic hydroxyl groups excluding tert-OH is 3. The molecule has 0 aromatic rings. The highest BCUT2D eigenvalue weighted by molar-refractivity contribution is 5.53. The second-order valence-electron chi connectivity index (χ2n) is 3.68. The average Bonchev–Trinajstić information content (AvgIpc) is 2.14. The van der Waals surface area contributed by atoms with Crippen LogP contribution in [0, 0.1) is 5.92 Å². The van der Waals surface area contributed by atoms with Crippen LogP contribution in [0.15, 0.2) is 0 Å². The first-order chi connectivity index (χ1) is 6.15. The van der Waals surface area contributed by atoms with Crippen molar-refractivity contribution in [2.45, 2.75) is 44.0 Å². The van der Waals surface area contributed by atoms with Crippen molar-refractivity contribution in [3.05, 3.63) is 0 Å². The lowest BCUT2D eigenvalue weighted by molar-refractivity contribution is -0.114. The predicted molar refractivity (Wildman–Crippen MR) is 46.0 cm³/mol. The van der Waals surface area contributed by atoms with Crippen molar-refractivity contribution in [2.75, 3.05) is 0 Å². The Balaban J connectivity index is 2.53. The molecule has 1 rings (SSSR count). The number of rotatable bonds is 1. The van der Waals surface area contributed by atoms with E-state index in [1.54, 1.807) is 0 Å². The summed E-state index contributed by atoms with van der Waals surface area (Å²) in [5, 5.41) is 28.0. The Bertz CT molecular complexity index is 157. The fourth-order valence-corrected chi connectivity index (χ4v) is 1.65. The van der Waals surface area contributed by atoms with Crippen molar-refractivity contribution in [3.63, 3.8) is 0 Å². The number of carbonyl (C=O) groups is 1. The molecule has 4 heteroatoms. The molecule has 1 aliphatic carbocycles. The molecule has 2 atom stereocenters. The van der Waals surface area contributed by atoms with Crippen molar-refractivity contribution in [1.82, 2.24) is 0 Å². The molecule has 0 heterocycles. The van der Waals surface area contributed by atoms with Crippen LogP contribution in [0.3, 0.4) is 0 Å². The average molecular weight is 188 g/mol. The maximum absolute atomic E-state index is 10.5. The molecule has 0 aliphatic heterocycles. The first-order valence-electron chi connectivity index (χ1n) is 4.64. The fraction of sp³-hybridized carbons (Fsp3) is 0.889. The summed E-state index contributed by atoms with van der Waals surface area (Å²) in [7, 11) is 0. The van der Waals surface area contributed by atoms with Crippen molar-refractivity contribution >= 4 is 6.29 Å².